The zero-order valence-corrected chi connectivity index (χ0v) is 10.7. The van der Waals surface area contributed by atoms with E-state index in [2.05, 4.69) is 56.0 Å². The molecule has 0 aliphatic heterocycles. The van der Waals surface area contributed by atoms with E-state index in [-0.39, 0.29) is 0 Å². The zero-order valence-electron chi connectivity index (χ0n) is 7.74. The van der Waals surface area contributed by atoms with E-state index in [1.54, 1.807) is 0 Å². The summed E-state index contributed by atoms with van der Waals surface area (Å²) in [6.07, 6.45) is 0. The Balaban J connectivity index is 2.64. The molecule has 0 radical (unpaired) electrons. The molecule has 0 atom stereocenters. The quantitative estimate of drug-likeness (QED) is 0.530. The number of benzene rings is 2. The fourth-order valence-corrected chi connectivity index (χ4v) is 2.91. The lowest BCUT2D eigenvalue weighted by Crippen LogP contribution is -1.76. The molecule has 3 aromatic rings. The minimum atomic E-state index is 0.787. The van der Waals surface area contributed by atoms with Crippen LogP contribution in [0.3, 0.4) is 0 Å². The predicted molar refractivity (Wildman–Crippen MR) is 73.9 cm³/mol. The number of nitrogens with zero attached hydrogens (tertiary/aromatic N) is 1. The van der Waals surface area contributed by atoms with Gasteiger partial charge < -0.3 is 0 Å². The van der Waals surface area contributed by atoms with Crippen molar-refractivity contribution < 1.29 is 0 Å². The molecular weight excluding hydrogens is 320 g/mol. The van der Waals surface area contributed by atoms with Crippen molar-refractivity contribution in [3.63, 3.8) is 0 Å². The predicted octanol–water partition coefficient (Wildman–Crippen LogP) is 4.65. The van der Waals surface area contributed by atoms with Crippen molar-refractivity contribution in [3.8, 4) is 0 Å². The number of aromatic nitrogens is 1. The van der Waals surface area contributed by atoms with Crippen LogP contribution in [0, 0.1) is 0 Å². The van der Waals surface area contributed by atoms with E-state index in [4.69, 9.17) is 11.6 Å². The first kappa shape index (κ1) is 9.48. The summed E-state index contributed by atoms with van der Waals surface area (Å²) < 4.78 is 2.17. The van der Waals surface area contributed by atoms with Gasteiger partial charge in [0.15, 0.2) is 0 Å². The molecule has 0 amide bonds. The van der Waals surface area contributed by atoms with Crippen molar-refractivity contribution in [2.24, 2.45) is 0 Å². The molecule has 0 fully saturated rings. The summed E-state index contributed by atoms with van der Waals surface area (Å²) in [6, 6.07) is 14.4. The van der Waals surface area contributed by atoms with Gasteiger partial charge in [-0.3, -0.25) is 2.78 Å². The van der Waals surface area contributed by atoms with E-state index in [9.17, 15) is 0 Å². The van der Waals surface area contributed by atoms with Gasteiger partial charge in [0.2, 0.25) is 0 Å². The Labute approximate surface area is 106 Å². The largest absolute Gasteiger partial charge is 0.282 e. The van der Waals surface area contributed by atoms with Crippen LogP contribution in [-0.2, 0) is 0 Å². The van der Waals surface area contributed by atoms with Gasteiger partial charge in [-0.05, 0) is 24.3 Å². The van der Waals surface area contributed by atoms with Crippen LogP contribution < -0.4 is 0 Å². The minimum Gasteiger partial charge on any atom is -0.282 e. The zero-order chi connectivity index (χ0) is 10.4. The van der Waals surface area contributed by atoms with Gasteiger partial charge in [0.1, 0.15) is 0 Å². The van der Waals surface area contributed by atoms with Gasteiger partial charge in [-0.25, -0.2) is 0 Å². The van der Waals surface area contributed by atoms with Gasteiger partial charge in [-0.1, -0.05) is 29.8 Å². The van der Waals surface area contributed by atoms with Crippen LogP contribution in [0.2, 0.25) is 5.02 Å². The minimum absolute atomic E-state index is 0.787. The molecular formula is C12H7ClIN. The molecule has 3 heteroatoms. The average molecular weight is 328 g/mol. The third-order valence-electron chi connectivity index (χ3n) is 2.58. The lowest BCUT2D eigenvalue weighted by molar-refractivity contribution is 1.50. The van der Waals surface area contributed by atoms with Crippen LogP contribution in [0.25, 0.3) is 21.8 Å². The number of fused-ring (bicyclic) bond motifs is 3. The van der Waals surface area contributed by atoms with Crippen LogP contribution >= 0.6 is 34.5 Å². The van der Waals surface area contributed by atoms with Gasteiger partial charge >= 0.3 is 0 Å². The first-order valence-electron chi connectivity index (χ1n) is 4.62. The molecule has 2 aromatic carbocycles. The molecule has 0 spiro atoms. The summed E-state index contributed by atoms with van der Waals surface area (Å²) in [5.41, 5.74) is 2.44. The van der Waals surface area contributed by atoms with Gasteiger partial charge in [-0.2, -0.15) is 0 Å². The molecule has 0 aliphatic rings. The molecule has 0 aliphatic carbocycles. The van der Waals surface area contributed by atoms with Crippen LogP contribution in [-0.4, -0.2) is 2.78 Å². The Morgan fingerprint density at radius 1 is 0.933 bits per heavy atom. The van der Waals surface area contributed by atoms with E-state index in [0.29, 0.717) is 0 Å². The Bertz CT molecular complexity index is 657. The molecule has 3 rings (SSSR count). The third-order valence-corrected chi connectivity index (χ3v) is 3.85. The fourth-order valence-electron chi connectivity index (χ4n) is 1.90. The summed E-state index contributed by atoms with van der Waals surface area (Å²) in [5, 5.41) is 3.26. The van der Waals surface area contributed by atoms with E-state index >= 15 is 0 Å². The Morgan fingerprint density at radius 2 is 1.67 bits per heavy atom. The maximum Gasteiger partial charge on any atom is 0.0646 e. The van der Waals surface area contributed by atoms with Crippen molar-refractivity contribution >= 4 is 56.3 Å². The van der Waals surface area contributed by atoms with E-state index in [0.717, 1.165) is 5.02 Å². The second kappa shape index (κ2) is 3.39. The Morgan fingerprint density at radius 3 is 2.53 bits per heavy atom. The van der Waals surface area contributed by atoms with Crippen molar-refractivity contribution in [1.29, 1.82) is 0 Å². The highest BCUT2D eigenvalue weighted by Crippen LogP contribution is 2.32. The summed E-state index contributed by atoms with van der Waals surface area (Å²) in [4.78, 5) is 0. The lowest BCUT2D eigenvalue weighted by Gasteiger charge is -1.94. The molecule has 1 heterocycles. The smallest absolute Gasteiger partial charge is 0.0646 e. The Hall–Kier alpha value is -0.740. The topological polar surface area (TPSA) is 4.93 Å². The van der Waals surface area contributed by atoms with E-state index < -0.39 is 0 Å². The fraction of sp³-hybridized carbons (Fsp3) is 0. The number of halogens is 2. The van der Waals surface area contributed by atoms with Crippen LogP contribution in [0.1, 0.15) is 0 Å². The summed E-state index contributed by atoms with van der Waals surface area (Å²) in [5.74, 6) is 0. The first-order valence-corrected chi connectivity index (χ1v) is 5.96. The summed E-state index contributed by atoms with van der Waals surface area (Å²) >= 11 is 8.33. The maximum atomic E-state index is 6.02. The summed E-state index contributed by atoms with van der Waals surface area (Å²) in [7, 11) is 0. The Kier molecular flexibility index (Phi) is 2.14. The molecule has 0 bridgehead atoms. The lowest BCUT2D eigenvalue weighted by atomic mass is 10.2. The number of hydrogen-bond donors (Lipinski definition) is 0. The van der Waals surface area contributed by atoms with Crippen LogP contribution in [0.4, 0.5) is 0 Å². The third kappa shape index (κ3) is 1.35. The van der Waals surface area contributed by atoms with Crippen molar-refractivity contribution in [1.82, 2.24) is 2.78 Å². The van der Waals surface area contributed by atoms with Crippen LogP contribution in [0.15, 0.2) is 42.5 Å². The average Bonchev–Trinajstić information content (AvgIpc) is 2.54. The van der Waals surface area contributed by atoms with Crippen LogP contribution in [0.5, 0.6) is 0 Å². The van der Waals surface area contributed by atoms with Crippen molar-refractivity contribution in [3.05, 3.63) is 47.5 Å². The van der Waals surface area contributed by atoms with Crippen molar-refractivity contribution in [2.75, 3.05) is 0 Å². The molecule has 0 saturated heterocycles. The standard InChI is InChI=1S/C12H7ClIN/c13-8-5-6-12-10(7-8)9-3-1-2-4-11(9)15(12)14/h1-7H. The molecule has 0 N–H and O–H groups in total. The highest BCUT2D eigenvalue weighted by Gasteiger charge is 2.07. The monoisotopic (exact) mass is 327 g/mol. The van der Waals surface area contributed by atoms with Gasteiger partial charge in [0, 0.05) is 15.8 Å². The van der Waals surface area contributed by atoms with Gasteiger partial charge in [0.05, 0.1) is 33.9 Å². The first-order chi connectivity index (χ1) is 7.27. The number of para-hydroxylation sites is 1. The van der Waals surface area contributed by atoms with E-state index in [1.165, 1.54) is 21.8 Å². The van der Waals surface area contributed by atoms with Crippen molar-refractivity contribution in [2.45, 2.75) is 0 Å². The maximum absolute atomic E-state index is 6.02. The normalized spacial score (nSPS) is 11.3. The van der Waals surface area contributed by atoms with E-state index in [1.807, 2.05) is 12.1 Å². The SMILES string of the molecule is Clc1ccc2c(c1)c1ccccc1n2I. The molecule has 74 valence electrons. The molecule has 1 nitrogen and oxygen atoms in total. The highest BCUT2D eigenvalue weighted by molar-refractivity contribution is 14.1. The van der Waals surface area contributed by atoms with Gasteiger partial charge in [0.25, 0.3) is 0 Å². The highest BCUT2D eigenvalue weighted by atomic mass is 127. The number of rotatable bonds is 0. The molecule has 1 aromatic heterocycles. The second-order valence-electron chi connectivity index (χ2n) is 3.46. The second-order valence-corrected chi connectivity index (χ2v) is 4.86. The molecule has 15 heavy (non-hydrogen) atoms. The van der Waals surface area contributed by atoms with Gasteiger partial charge in [-0.15, -0.1) is 0 Å². The summed E-state index contributed by atoms with van der Waals surface area (Å²) in [6.45, 7) is 0. The molecule has 0 saturated carbocycles. The molecule has 0 unspecified atom stereocenters. The number of hydrogen-bond acceptors (Lipinski definition) is 0.